The molecular weight excluding hydrogens is 160 g/mol. The second-order valence-electron chi connectivity index (χ2n) is 3.13. The number of hydrogen-bond donors (Lipinski definition) is 1. The Bertz CT molecular complexity index is 212. The SMILES string of the molecule is O=C(O)CC1CC(=O)CC(=O)C1. The maximum absolute atomic E-state index is 10.9. The smallest absolute Gasteiger partial charge is 0.303 e. The number of carbonyl (C=O) groups is 3. The molecule has 0 radical (unpaired) electrons. The van der Waals surface area contributed by atoms with E-state index in [2.05, 4.69) is 0 Å². The summed E-state index contributed by atoms with van der Waals surface area (Å²) in [5.74, 6) is -1.46. The van der Waals surface area contributed by atoms with Crippen molar-refractivity contribution in [2.75, 3.05) is 0 Å². The summed E-state index contributed by atoms with van der Waals surface area (Å²) in [5, 5.41) is 8.42. The predicted octanol–water partition coefficient (Wildman–Crippen LogP) is 0.399. The molecule has 0 aromatic heterocycles. The number of aliphatic carboxylic acids is 1. The molecule has 0 heterocycles. The Labute approximate surface area is 69.6 Å². The van der Waals surface area contributed by atoms with Crippen LogP contribution in [-0.4, -0.2) is 22.6 Å². The van der Waals surface area contributed by atoms with Crippen LogP contribution in [0.3, 0.4) is 0 Å². The molecule has 0 amide bonds. The molecule has 0 unspecified atom stereocenters. The van der Waals surface area contributed by atoms with Gasteiger partial charge in [0.1, 0.15) is 11.6 Å². The van der Waals surface area contributed by atoms with Crippen molar-refractivity contribution in [3.8, 4) is 0 Å². The molecule has 0 saturated heterocycles. The van der Waals surface area contributed by atoms with Crippen molar-refractivity contribution in [1.29, 1.82) is 0 Å². The molecule has 0 aromatic carbocycles. The van der Waals surface area contributed by atoms with E-state index in [1.165, 1.54) is 0 Å². The van der Waals surface area contributed by atoms with Gasteiger partial charge in [0, 0.05) is 19.3 Å². The molecule has 0 aromatic rings. The molecule has 4 nitrogen and oxygen atoms in total. The number of carboxylic acid groups (broad SMARTS) is 1. The lowest BCUT2D eigenvalue weighted by molar-refractivity contribution is -0.139. The van der Waals surface area contributed by atoms with Crippen LogP contribution in [0.1, 0.15) is 25.7 Å². The first-order valence-electron chi connectivity index (χ1n) is 3.83. The van der Waals surface area contributed by atoms with E-state index in [4.69, 9.17) is 5.11 Å². The molecule has 0 bridgehead atoms. The second kappa shape index (κ2) is 3.47. The van der Waals surface area contributed by atoms with E-state index in [0.717, 1.165) is 0 Å². The molecule has 1 saturated carbocycles. The number of hydrogen-bond acceptors (Lipinski definition) is 3. The quantitative estimate of drug-likeness (QED) is 0.609. The molecule has 0 aliphatic heterocycles. The molecule has 0 atom stereocenters. The largest absolute Gasteiger partial charge is 0.481 e. The van der Waals surface area contributed by atoms with Crippen molar-refractivity contribution in [1.82, 2.24) is 0 Å². The van der Waals surface area contributed by atoms with Crippen LogP contribution >= 0.6 is 0 Å². The fraction of sp³-hybridized carbons (Fsp3) is 0.625. The van der Waals surface area contributed by atoms with Crippen molar-refractivity contribution in [2.24, 2.45) is 5.92 Å². The van der Waals surface area contributed by atoms with Gasteiger partial charge in [-0.25, -0.2) is 0 Å². The second-order valence-corrected chi connectivity index (χ2v) is 3.13. The third kappa shape index (κ3) is 2.45. The molecule has 1 aliphatic rings. The number of rotatable bonds is 2. The van der Waals surface area contributed by atoms with Crippen molar-refractivity contribution in [2.45, 2.75) is 25.7 Å². The molecule has 1 fully saturated rings. The van der Waals surface area contributed by atoms with Crippen LogP contribution in [0.15, 0.2) is 0 Å². The average Bonchev–Trinajstić information content (AvgIpc) is 1.81. The van der Waals surface area contributed by atoms with Crippen molar-refractivity contribution in [3.63, 3.8) is 0 Å². The van der Waals surface area contributed by atoms with Crippen LogP contribution in [0, 0.1) is 5.92 Å². The third-order valence-corrected chi connectivity index (χ3v) is 1.89. The topological polar surface area (TPSA) is 71.4 Å². The first-order chi connectivity index (χ1) is 5.58. The van der Waals surface area contributed by atoms with E-state index in [1.807, 2.05) is 0 Å². The number of carbonyl (C=O) groups excluding carboxylic acids is 2. The van der Waals surface area contributed by atoms with Crippen LogP contribution in [-0.2, 0) is 14.4 Å². The number of Topliss-reactive ketones (excluding diaryl/α,β-unsaturated/α-hetero) is 2. The lowest BCUT2D eigenvalue weighted by atomic mass is 9.85. The van der Waals surface area contributed by atoms with E-state index < -0.39 is 5.97 Å². The molecule has 4 heteroatoms. The molecule has 1 aliphatic carbocycles. The summed E-state index contributed by atoms with van der Waals surface area (Å²) in [6.45, 7) is 0. The van der Waals surface area contributed by atoms with Gasteiger partial charge in [-0.05, 0) is 5.92 Å². The fourth-order valence-electron chi connectivity index (χ4n) is 1.47. The van der Waals surface area contributed by atoms with E-state index in [-0.39, 0.29) is 43.2 Å². The summed E-state index contributed by atoms with van der Waals surface area (Å²) in [5.41, 5.74) is 0. The van der Waals surface area contributed by atoms with Crippen molar-refractivity contribution >= 4 is 17.5 Å². The summed E-state index contributed by atoms with van der Waals surface area (Å²) in [4.78, 5) is 32.0. The normalized spacial score (nSPS) is 19.7. The zero-order chi connectivity index (χ0) is 9.14. The van der Waals surface area contributed by atoms with E-state index >= 15 is 0 Å². The maximum Gasteiger partial charge on any atom is 0.303 e. The minimum Gasteiger partial charge on any atom is -0.481 e. The Hall–Kier alpha value is -1.19. The Balaban J connectivity index is 2.49. The summed E-state index contributed by atoms with van der Waals surface area (Å²) in [6.07, 6.45) is 0.420. The summed E-state index contributed by atoms with van der Waals surface area (Å²) in [6, 6.07) is 0. The highest BCUT2D eigenvalue weighted by Crippen LogP contribution is 2.21. The minimum absolute atomic E-state index is 0.00385. The Morgan fingerprint density at radius 2 is 1.83 bits per heavy atom. The average molecular weight is 170 g/mol. The van der Waals surface area contributed by atoms with Gasteiger partial charge in [0.15, 0.2) is 0 Å². The van der Waals surface area contributed by atoms with Gasteiger partial charge in [0.2, 0.25) is 0 Å². The molecule has 1 N–H and O–H groups in total. The highest BCUT2D eigenvalue weighted by Gasteiger charge is 2.26. The first kappa shape index (κ1) is 8.90. The van der Waals surface area contributed by atoms with E-state index in [9.17, 15) is 14.4 Å². The molecule has 0 spiro atoms. The van der Waals surface area contributed by atoms with Gasteiger partial charge in [-0.15, -0.1) is 0 Å². The zero-order valence-corrected chi connectivity index (χ0v) is 6.58. The van der Waals surface area contributed by atoms with Crippen LogP contribution in [0.4, 0.5) is 0 Å². The zero-order valence-electron chi connectivity index (χ0n) is 6.58. The number of carboxylic acids is 1. The summed E-state index contributed by atoms with van der Waals surface area (Å²) < 4.78 is 0. The predicted molar refractivity (Wildman–Crippen MR) is 39.6 cm³/mol. The Kier molecular flexibility index (Phi) is 2.58. The van der Waals surface area contributed by atoms with Gasteiger partial charge in [-0.3, -0.25) is 14.4 Å². The molecular formula is C8H10O4. The van der Waals surface area contributed by atoms with Gasteiger partial charge in [-0.1, -0.05) is 0 Å². The van der Waals surface area contributed by atoms with Gasteiger partial charge >= 0.3 is 5.97 Å². The monoisotopic (exact) mass is 170 g/mol. The summed E-state index contributed by atoms with van der Waals surface area (Å²) >= 11 is 0. The lowest BCUT2D eigenvalue weighted by Crippen LogP contribution is -2.24. The van der Waals surface area contributed by atoms with Crippen molar-refractivity contribution in [3.05, 3.63) is 0 Å². The third-order valence-electron chi connectivity index (χ3n) is 1.89. The minimum atomic E-state index is -0.942. The van der Waals surface area contributed by atoms with E-state index in [0.29, 0.717) is 0 Å². The number of ketones is 2. The van der Waals surface area contributed by atoms with E-state index in [1.54, 1.807) is 0 Å². The van der Waals surface area contributed by atoms with Gasteiger partial charge in [0.25, 0.3) is 0 Å². The summed E-state index contributed by atoms with van der Waals surface area (Å²) in [7, 11) is 0. The van der Waals surface area contributed by atoms with Gasteiger partial charge in [-0.2, -0.15) is 0 Å². The van der Waals surface area contributed by atoms with Crippen LogP contribution in [0.2, 0.25) is 0 Å². The Morgan fingerprint density at radius 3 is 2.25 bits per heavy atom. The van der Waals surface area contributed by atoms with Crippen LogP contribution in [0.5, 0.6) is 0 Å². The first-order valence-corrected chi connectivity index (χ1v) is 3.83. The lowest BCUT2D eigenvalue weighted by Gasteiger charge is -2.17. The highest BCUT2D eigenvalue weighted by atomic mass is 16.4. The fourth-order valence-corrected chi connectivity index (χ4v) is 1.47. The molecule has 1 rings (SSSR count). The maximum atomic E-state index is 10.9. The van der Waals surface area contributed by atoms with Crippen LogP contribution < -0.4 is 0 Å². The van der Waals surface area contributed by atoms with Gasteiger partial charge in [0.05, 0.1) is 6.42 Å². The van der Waals surface area contributed by atoms with Gasteiger partial charge < -0.3 is 5.11 Å². The Morgan fingerprint density at radius 1 is 1.33 bits per heavy atom. The van der Waals surface area contributed by atoms with Crippen LogP contribution in [0.25, 0.3) is 0 Å². The molecule has 66 valence electrons. The van der Waals surface area contributed by atoms with Crippen molar-refractivity contribution < 1.29 is 19.5 Å². The highest BCUT2D eigenvalue weighted by molar-refractivity contribution is 6.01. The molecule has 12 heavy (non-hydrogen) atoms. The standard InChI is InChI=1S/C8H10O4/c9-6-1-5(3-8(11)12)2-7(10)4-6/h5H,1-4H2,(H,11,12).